The standard InChI is InChI=1S/C8H7N3O.C3H4N2/c12-11-5-2-1-3-8(11)10-6-4-9-7-10;1-2-5-3-4-1/h1-7H;1-3H,(H,4,5). The van der Waals surface area contributed by atoms with Crippen LogP contribution in [0.4, 0.5) is 0 Å². The third-order valence-electron chi connectivity index (χ3n) is 1.98. The second-order valence-electron chi connectivity index (χ2n) is 3.12. The van der Waals surface area contributed by atoms with E-state index in [0.29, 0.717) is 5.82 Å². The summed E-state index contributed by atoms with van der Waals surface area (Å²) in [6, 6.07) is 5.23. The Morgan fingerprint density at radius 2 is 2.18 bits per heavy atom. The smallest absolute Gasteiger partial charge is 0.290 e. The number of hydrogen-bond donors (Lipinski definition) is 1. The normalized spacial score (nSPS) is 9.41. The van der Waals surface area contributed by atoms with Gasteiger partial charge in [0.05, 0.1) is 18.7 Å². The van der Waals surface area contributed by atoms with Crippen LogP contribution in [-0.4, -0.2) is 19.5 Å². The maximum absolute atomic E-state index is 11.2. The molecule has 3 aromatic rings. The Kier molecular flexibility index (Phi) is 3.49. The Labute approximate surface area is 97.8 Å². The molecule has 17 heavy (non-hydrogen) atoms. The number of rotatable bonds is 1. The summed E-state index contributed by atoms with van der Waals surface area (Å²) < 4.78 is 2.45. The first-order chi connectivity index (χ1) is 8.38. The zero-order valence-electron chi connectivity index (χ0n) is 8.97. The average Bonchev–Trinajstić information content (AvgIpc) is 3.06. The molecule has 0 bridgehead atoms. The topological polar surface area (TPSA) is 73.4 Å². The van der Waals surface area contributed by atoms with Gasteiger partial charge in [0.1, 0.15) is 6.20 Å². The van der Waals surface area contributed by atoms with Crippen LogP contribution in [0.25, 0.3) is 5.82 Å². The van der Waals surface area contributed by atoms with Crippen molar-refractivity contribution in [2.24, 2.45) is 0 Å². The van der Waals surface area contributed by atoms with Crippen molar-refractivity contribution in [1.29, 1.82) is 0 Å². The van der Waals surface area contributed by atoms with Gasteiger partial charge in [-0.2, -0.15) is 4.57 Å². The molecule has 3 heterocycles. The van der Waals surface area contributed by atoms with Crippen LogP contribution in [0.1, 0.15) is 0 Å². The molecule has 0 aliphatic rings. The summed E-state index contributed by atoms with van der Waals surface area (Å²) in [5, 5.41) is 11.2. The van der Waals surface area contributed by atoms with E-state index in [1.807, 2.05) is 6.07 Å². The van der Waals surface area contributed by atoms with E-state index < -0.39 is 0 Å². The van der Waals surface area contributed by atoms with E-state index in [2.05, 4.69) is 15.0 Å². The van der Waals surface area contributed by atoms with E-state index in [-0.39, 0.29) is 0 Å². The number of hydrogen-bond acceptors (Lipinski definition) is 3. The Hall–Kier alpha value is -2.63. The van der Waals surface area contributed by atoms with Crippen LogP contribution in [0.2, 0.25) is 0 Å². The molecule has 86 valence electrons. The summed E-state index contributed by atoms with van der Waals surface area (Å²) in [4.78, 5) is 10.3. The van der Waals surface area contributed by atoms with E-state index in [4.69, 9.17) is 0 Å². The second kappa shape index (κ2) is 5.45. The van der Waals surface area contributed by atoms with Crippen LogP contribution in [0.3, 0.4) is 0 Å². The molecule has 3 aromatic heterocycles. The Morgan fingerprint density at radius 1 is 1.24 bits per heavy atom. The molecule has 0 fully saturated rings. The molecule has 0 saturated heterocycles. The summed E-state index contributed by atoms with van der Waals surface area (Å²) in [6.07, 6.45) is 11.5. The molecular formula is C11H11N5O. The van der Waals surface area contributed by atoms with Crippen LogP contribution >= 0.6 is 0 Å². The maximum atomic E-state index is 11.2. The Bertz CT molecular complexity index is 516. The van der Waals surface area contributed by atoms with E-state index >= 15 is 0 Å². The number of aromatic amines is 1. The third kappa shape index (κ3) is 2.91. The lowest BCUT2D eigenvalue weighted by Crippen LogP contribution is -2.30. The number of aromatic nitrogens is 5. The highest BCUT2D eigenvalue weighted by molar-refractivity contribution is 5.15. The predicted octanol–water partition coefficient (Wildman–Crippen LogP) is 0.915. The first kappa shape index (κ1) is 10.9. The zero-order valence-corrected chi connectivity index (χ0v) is 8.97. The summed E-state index contributed by atoms with van der Waals surface area (Å²) in [7, 11) is 0. The number of imidazole rings is 2. The monoisotopic (exact) mass is 229 g/mol. The molecule has 0 aliphatic carbocycles. The molecule has 6 nitrogen and oxygen atoms in total. The summed E-state index contributed by atoms with van der Waals surface area (Å²) in [6.45, 7) is 0. The molecule has 0 unspecified atom stereocenters. The van der Waals surface area contributed by atoms with Crippen molar-refractivity contribution >= 4 is 0 Å². The molecule has 0 spiro atoms. The van der Waals surface area contributed by atoms with Crippen molar-refractivity contribution < 1.29 is 4.73 Å². The highest BCUT2D eigenvalue weighted by atomic mass is 16.5. The van der Waals surface area contributed by atoms with Gasteiger partial charge in [-0.1, -0.05) is 6.07 Å². The van der Waals surface area contributed by atoms with Crippen molar-refractivity contribution in [3.63, 3.8) is 0 Å². The largest absolute Gasteiger partial charge is 0.711 e. The Balaban J connectivity index is 0.000000181. The number of H-pyrrole nitrogens is 1. The lowest BCUT2D eigenvalue weighted by atomic mass is 10.4. The molecule has 3 rings (SSSR count). The highest BCUT2D eigenvalue weighted by Gasteiger charge is 2.03. The van der Waals surface area contributed by atoms with Crippen LogP contribution in [-0.2, 0) is 0 Å². The fourth-order valence-corrected chi connectivity index (χ4v) is 1.23. The van der Waals surface area contributed by atoms with Crippen molar-refractivity contribution in [3.05, 3.63) is 67.0 Å². The lowest BCUT2D eigenvalue weighted by molar-refractivity contribution is -0.599. The number of nitrogens with zero attached hydrogens (tertiary/aromatic N) is 4. The molecule has 0 aromatic carbocycles. The molecule has 0 amide bonds. The quantitative estimate of drug-likeness (QED) is 0.498. The van der Waals surface area contributed by atoms with Gasteiger partial charge in [0, 0.05) is 18.5 Å². The molecule has 0 aliphatic heterocycles. The van der Waals surface area contributed by atoms with Gasteiger partial charge in [-0.3, -0.25) is 0 Å². The number of nitrogens with one attached hydrogen (secondary N) is 1. The first-order valence-electron chi connectivity index (χ1n) is 4.97. The van der Waals surface area contributed by atoms with Crippen molar-refractivity contribution in [3.8, 4) is 5.82 Å². The maximum Gasteiger partial charge on any atom is 0.290 e. The predicted molar refractivity (Wildman–Crippen MR) is 61.1 cm³/mol. The average molecular weight is 229 g/mol. The van der Waals surface area contributed by atoms with Crippen LogP contribution in [0, 0.1) is 5.21 Å². The Morgan fingerprint density at radius 3 is 2.71 bits per heavy atom. The summed E-state index contributed by atoms with van der Waals surface area (Å²) >= 11 is 0. The van der Waals surface area contributed by atoms with E-state index in [1.54, 1.807) is 54.1 Å². The van der Waals surface area contributed by atoms with E-state index in [0.717, 1.165) is 4.73 Å². The van der Waals surface area contributed by atoms with Gasteiger partial charge in [0.25, 0.3) is 5.82 Å². The second-order valence-corrected chi connectivity index (χ2v) is 3.12. The van der Waals surface area contributed by atoms with Crippen molar-refractivity contribution in [2.45, 2.75) is 0 Å². The zero-order chi connectivity index (χ0) is 11.9. The first-order valence-corrected chi connectivity index (χ1v) is 4.97. The molecule has 0 radical (unpaired) electrons. The van der Waals surface area contributed by atoms with Gasteiger partial charge in [-0.25, -0.2) is 14.7 Å². The fraction of sp³-hybridized carbons (Fsp3) is 0. The minimum Gasteiger partial charge on any atom is -0.711 e. The van der Waals surface area contributed by atoms with Gasteiger partial charge in [0.2, 0.25) is 0 Å². The molecule has 0 atom stereocenters. The molecular weight excluding hydrogens is 218 g/mol. The minimum absolute atomic E-state index is 0.551. The van der Waals surface area contributed by atoms with Crippen LogP contribution in [0.15, 0.2) is 61.8 Å². The van der Waals surface area contributed by atoms with Gasteiger partial charge in [-0.05, 0) is 6.07 Å². The van der Waals surface area contributed by atoms with E-state index in [1.165, 1.54) is 6.20 Å². The lowest BCUT2D eigenvalue weighted by Gasteiger charge is -2.04. The van der Waals surface area contributed by atoms with Gasteiger partial charge in [-0.15, -0.1) is 0 Å². The molecule has 0 saturated carbocycles. The van der Waals surface area contributed by atoms with Crippen molar-refractivity contribution in [2.75, 3.05) is 0 Å². The summed E-state index contributed by atoms with van der Waals surface area (Å²) in [5.74, 6) is 0.551. The SMILES string of the molecule is [O-][n+]1ccccc1-n1ccnc1.c1c[nH]cn1. The summed E-state index contributed by atoms with van der Waals surface area (Å²) in [5.41, 5.74) is 0. The number of pyridine rings is 1. The molecule has 1 N–H and O–H groups in total. The fourth-order valence-electron chi connectivity index (χ4n) is 1.23. The van der Waals surface area contributed by atoms with Gasteiger partial charge < -0.3 is 10.2 Å². The minimum atomic E-state index is 0.551. The van der Waals surface area contributed by atoms with Gasteiger partial charge >= 0.3 is 0 Å². The van der Waals surface area contributed by atoms with Crippen molar-refractivity contribution in [1.82, 2.24) is 19.5 Å². The van der Waals surface area contributed by atoms with Crippen LogP contribution in [0.5, 0.6) is 0 Å². The van der Waals surface area contributed by atoms with E-state index in [9.17, 15) is 5.21 Å². The third-order valence-corrected chi connectivity index (χ3v) is 1.98. The van der Waals surface area contributed by atoms with Crippen LogP contribution < -0.4 is 4.73 Å². The van der Waals surface area contributed by atoms with Gasteiger partial charge in [0.15, 0.2) is 6.33 Å². The highest BCUT2D eigenvalue weighted by Crippen LogP contribution is 1.98. The molecule has 6 heteroatoms.